The first-order chi connectivity index (χ1) is 6.05. The first-order valence-electron chi connectivity index (χ1n) is 5.32. The van der Waals surface area contributed by atoms with E-state index in [4.69, 9.17) is 0 Å². The maximum Gasteiger partial charge on any atom is 0.131 e. The van der Waals surface area contributed by atoms with Crippen molar-refractivity contribution >= 4 is 5.78 Å². The van der Waals surface area contributed by atoms with Crippen LogP contribution in [-0.4, -0.2) is 28.3 Å². The molecule has 0 aromatic heterocycles. The Morgan fingerprint density at radius 2 is 1.36 bits per heavy atom. The van der Waals surface area contributed by atoms with Crippen LogP contribution >= 0.6 is 0 Å². The van der Waals surface area contributed by atoms with Crippen LogP contribution in [0.3, 0.4) is 0 Å². The Bertz CT molecular complexity index is 181. The molecule has 0 rings (SSSR count). The summed E-state index contributed by atoms with van der Waals surface area (Å²) in [4.78, 5) is 13.4. The summed E-state index contributed by atoms with van der Waals surface area (Å²) in [5.41, 5.74) is 0.237. The lowest BCUT2D eigenvalue weighted by molar-refractivity contribution is -0.118. The molecular formula is C12H25NO. The molecule has 0 radical (unpaired) electrons. The number of hydrogen-bond acceptors (Lipinski definition) is 2. The molecule has 0 unspecified atom stereocenters. The summed E-state index contributed by atoms with van der Waals surface area (Å²) in [5.74, 6) is 0.267. The summed E-state index contributed by atoms with van der Waals surface area (Å²) in [6.07, 6.45) is 0.647. The minimum absolute atomic E-state index is 0.119. The van der Waals surface area contributed by atoms with Crippen molar-refractivity contribution in [3.63, 3.8) is 0 Å². The second kappa shape index (κ2) is 4.43. The predicted octanol–water partition coefficient (Wildman–Crippen LogP) is 2.86. The minimum atomic E-state index is 0.119. The van der Waals surface area contributed by atoms with Crippen LogP contribution in [0, 0.1) is 0 Å². The fraction of sp³-hybridized carbons (Fsp3) is 0.917. The van der Waals surface area contributed by atoms with Crippen LogP contribution in [0.25, 0.3) is 0 Å². The van der Waals surface area contributed by atoms with Gasteiger partial charge in [0, 0.05) is 24.0 Å². The van der Waals surface area contributed by atoms with E-state index < -0.39 is 0 Å². The third-order valence-electron chi connectivity index (χ3n) is 2.31. The van der Waals surface area contributed by atoms with Crippen LogP contribution in [0.4, 0.5) is 0 Å². The molecule has 0 saturated carbocycles. The Hall–Kier alpha value is -0.370. The molecule has 0 aliphatic rings. The highest BCUT2D eigenvalue weighted by molar-refractivity contribution is 5.75. The van der Waals surface area contributed by atoms with Crippen molar-refractivity contribution in [2.45, 2.75) is 66.0 Å². The third-order valence-corrected chi connectivity index (χ3v) is 2.31. The molecule has 2 nitrogen and oxygen atoms in total. The molecule has 0 spiro atoms. The quantitative estimate of drug-likeness (QED) is 0.696. The number of carbonyl (C=O) groups excluding carboxylic acids is 1. The smallest absolute Gasteiger partial charge is 0.131 e. The summed E-state index contributed by atoms with van der Waals surface area (Å²) >= 11 is 0. The number of carbonyl (C=O) groups is 1. The average molecular weight is 199 g/mol. The van der Waals surface area contributed by atoms with Crippen LogP contribution in [0.15, 0.2) is 0 Å². The lowest BCUT2D eigenvalue weighted by atomic mass is 9.95. The standard InChI is InChI=1S/C12H25NO/c1-10(14)8-9-13(11(2,3)4)12(5,6)7/h8-9H2,1-7H3. The molecule has 84 valence electrons. The van der Waals surface area contributed by atoms with Crippen LogP contribution in [-0.2, 0) is 4.79 Å². The molecule has 0 aromatic carbocycles. The van der Waals surface area contributed by atoms with E-state index in [-0.39, 0.29) is 16.9 Å². The van der Waals surface area contributed by atoms with Gasteiger partial charge in [-0.25, -0.2) is 0 Å². The van der Waals surface area contributed by atoms with Gasteiger partial charge in [0.2, 0.25) is 0 Å². The maximum absolute atomic E-state index is 11.0. The zero-order valence-corrected chi connectivity index (χ0v) is 10.8. The van der Waals surface area contributed by atoms with Gasteiger partial charge in [0.05, 0.1) is 0 Å². The zero-order chi connectivity index (χ0) is 11.6. The van der Waals surface area contributed by atoms with Gasteiger partial charge >= 0.3 is 0 Å². The second-order valence-electron chi connectivity index (χ2n) is 5.95. The highest BCUT2D eigenvalue weighted by Crippen LogP contribution is 2.24. The molecular weight excluding hydrogens is 174 g/mol. The molecule has 0 amide bonds. The summed E-state index contributed by atoms with van der Waals surface area (Å²) in [7, 11) is 0. The Morgan fingerprint density at radius 1 is 1.00 bits per heavy atom. The first kappa shape index (κ1) is 13.6. The second-order valence-corrected chi connectivity index (χ2v) is 5.95. The Balaban J connectivity index is 4.51. The molecule has 0 heterocycles. The van der Waals surface area contributed by atoms with Crippen molar-refractivity contribution in [3.8, 4) is 0 Å². The van der Waals surface area contributed by atoms with E-state index in [2.05, 4.69) is 46.4 Å². The molecule has 14 heavy (non-hydrogen) atoms. The van der Waals surface area contributed by atoms with Gasteiger partial charge in [-0.3, -0.25) is 9.69 Å². The fourth-order valence-electron chi connectivity index (χ4n) is 1.95. The van der Waals surface area contributed by atoms with E-state index in [1.54, 1.807) is 6.92 Å². The highest BCUT2D eigenvalue weighted by atomic mass is 16.1. The normalized spacial score (nSPS) is 13.4. The van der Waals surface area contributed by atoms with Crippen molar-refractivity contribution in [3.05, 3.63) is 0 Å². The van der Waals surface area contributed by atoms with Crippen LogP contribution in [0.5, 0.6) is 0 Å². The van der Waals surface area contributed by atoms with Gasteiger partial charge in [-0.2, -0.15) is 0 Å². The van der Waals surface area contributed by atoms with Crippen LogP contribution in [0.1, 0.15) is 54.9 Å². The molecule has 0 atom stereocenters. The molecule has 2 heteroatoms. The SMILES string of the molecule is CC(=O)CCN(C(C)(C)C)C(C)(C)C. The summed E-state index contributed by atoms with van der Waals surface area (Å²) in [6.45, 7) is 15.7. The van der Waals surface area contributed by atoms with Crippen molar-refractivity contribution < 1.29 is 4.79 Å². The number of ketones is 1. The van der Waals surface area contributed by atoms with E-state index >= 15 is 0 Å². The topological polar surface area (TPSA) is 20.3 Å². The van der Waals surface area contributed by atoms with E-state index in [0.29, 0.717) is 6.42 Å². The maximum atomic E-state index is 11.0. The first-order valence-corrected chi connectivity index (χ1v) is 5.32. The number of Topliss-reactive ketones (excluding diaryl/α,β-unsaturated/α-hetero) is 1. The number of nitrogens with zero attached hydrogens (tertiary/aromatic N) is 1. The zero-order valence-electron chi connectivity index (χ0n) is 10.8. The summed E-state index contributed by atoms with van der Waals surface area (Å²) in [6, 6.07) is 0. The lowest BCUT2D eigenvalue weighted by Gasteiger charge is -2.45. The van der Waals surface area contributed by atoms with Crippen molar-refractivity contribution in [2.24, 2.45) is 0 Å². The monoisotopic (exact) mass is 199 g/mol. The van der Waals surface area contributed by atoms with Gasteiger partial charge in [0.1, 0.15) is 5.78 Å². The van der Waals surface area contributed by atoms with Crippen LogP contribution < -0.4 is 0 Å². The van der Waals surface area contributed by atoms with Gasteiger partial charge < -0.3 is 0 Å². The van der Waals surface area contributed by atoms with Crippen molar-refractivity contribution in [1.29, 1.82) is 0 Å². The highest BCUT2D eigenvalue weighted by Gasteiger charge is 2.30. The summed E-state index contributed by atoms with van der Waals surface area (Å²) in [5, 5.41) is 0. The Kier molecular flexibility index (Phi) is 4.32. The van der Waals surface area contributed by atoms with Gasteiger partial charge in [-0.1, -0.05) is 0 Å². The van der Waals surface area contributed by atoms with E-state index in [9.17, 15) is 4.79 Å². The fourth-order valence-corrected chi connectivity index (χ4v) is 1.95. The van der Waals surface area contributed by atoms with Gasteiger partial charge in [-0.05, 0) is 48.5 Å². The van der Waals surface area contributed by atoms with Gasteiger partial charge in [-0.15, -0.1) is 0 Å². The van der Waals surface area contributed by atoms with Crippen molar-refractivity contribution in [1.82, 2.24) is 4.90 Å². The minimum Gasteiger partial charge on any atom is -0.300 e. The van der Waals surface area contributed by atoms with Crippen molar-refractivity contribution in [2.75, 3.05) is 6.54 Å². The lowest BCUT2D eigenvalue weighted by Crippen LogP contribution is -2.53. The summed E-state index contributed by atoms with van der Waals surface area (Å²) < 4.78 is 0. The van der Waals surface area contributed by atoms with E-state index in [1.807, 2.05) is 0 Å². The number of hydrogen-bond donors (Lipinski definition) is 0. The molecule has 0 N–H and O–H groups in total. The third kappa shape index (κ3) is 4.75. The molecule has 0 bridgehead atoms. The van der Waals surface area contributed by atoms with Crippen LogP contribution in [0.2, 0.25) is 0 Å². The Labute approximate surface area is 88.7 Å². The molecule has 0 aliphatic heterocycles. The molecule has 0 aromatic rings. The predicted molar refractivity (Wildman–Crippen MR) is 61.5 cm³/mol. The molecule has 0 saturated heterocycles. The van der Waals surface area contributed by atoms with E-state index in [1.165, 1.54) is 0 Å². The average Bonchev–Trinajstić information content (AvgIpc) is 1.78. The number of rotatable bonds is 3. The Morgan fingerprint density at radius 3 is 1.57 bits per heavy atom. The van der Waals surface area contributed by atoms with Gasteiger partial charge in [0.25, 0.3) is 0 Å². The molecule has 0 aliphatic carbocycles. The van der Waals surface area contributed by atoms with E-state index in [0.717, 1.165) is 6.54 Å². The molecule has 0 fully saturated rings. The van der Waals surface area contributed by atoms with Gasteiger partial charge in [0.15, 0.2) is 0 Å². The largest absolute Gasteiger partial charge is 0.300 e.